The smallest absolute Gasteiger partial charge is 0.220 e. The molecule has 0 spiro atoms. The molecule has 0 aromatic carbocycles. The zero-order chi connectivity index (χ0) is 52.7. The van der Waals surface area contributed by atoms with Crippen LogP contribution in [0.3, 0.4) is 0 Å². The molecular weight excluding hydrogens is 891 g/mol. The molecule has 0 rings (SSSR count). The van der Waals surface area contributed by atoms with E-state index in [1.807, 2.05) is 6.08 Å². The van der Waals surface area contributed by atoms with Crippen molar-refractivity contribution >= 4 is 5.91 Å². The Morgan fingerprint density at radius 2 is 0.616 bits per heavy atom. The van der Waals surface area contributed by atoms with Gasteiger partial charge in [0.1, 0.15) is 0 Å². The fourth-order valence-corrected chi connectivity index (χ4v) is 9.24. The Morgan fingerprint density at radius 3 is 0.959 bits per heavy atom. The highest BCUT2D eigenvalue weighted by atomic mass is 16.3. The number of hydrogen-bond acceptors (Lipinski definition) is 3. The summed E-state index contributed by atoms with van der Waals surface area (Å²) in [5.74, 6) is -0.0745. The summed E-state index contributed by atoms with van der Waals surface area (Å²) in [5, 5.41) is 23.2. The maximum atomic E-state index is 12.5. The van der Waals surface area contributed by atoms with Gasteiger partial charge in [0.15, 0.2) is 0 Å². The van der Waals surface area contributed by atoms with E-state index in [1.54, 1.807) is 6.08 Å². The van der Waals surface area contributed by atoms with E-state index in [0.29, 0.717) is 6.42 Å². The average molecular weight is 1010 g/mol. The van der Waals surface area contributed by atoms with Crippen LogP contribution in [-0.4, -0.2) is 34.9 Å². The van der Waals surface area contributed by atoms with Crippen molar-refractivity contribution in [2.24, 2.45) is 0 Å². The van der Waals surface area contributed by atoms with E-state index in [2.05, 4.69) is 116 Å². The summed E-state index contributed by atoms with van der Waals surface area (Å²) in [5.41, 5.74) is 0. The van der Waals surface area contributed by atoms with Crippen LogP contribution in [0.1, 0.15) is 303 Å². The number of aliphatic hydroxyl groups excluding tert-OH is 2. The van der Waals surface area contributed by atoms with E-state index in [4.69, 9.17) is 0 Å². The molecule has 2 atom stereocenters. The first kappa shape index (κ1) is 70.1. The summed E-state index contributed by atoms with van der Waals surface area (Å²) in [6.45, 7) is 4.20. The Bertz CT molecular complexity index is 1380. The van der Waals surface area contributed by atoms with Crippen molar-refractivity contribution in [1.29, 1.82) is 0 Å². The second-order valence-electron chi connectivity index (χ2n) is 21.1. The number of carbonyl (C=O) groups excluding carboxylic acids is 1. The average Bonchev–Trinajstić information content (AvgIpc) is 3.40. The largest absolute Gasteiger partial charge is 0.394 e. The Balaban J connectivity index is 3.54. The third-order valence-corrected chi connectivity index (χ3v) is 14.0. The molecule has 0 fully saturated rings. The fraction of sp³-hybridized carbons (Fsp3) is 0.725. The molecule has 0 radical (unpaired) electrons. The number of carbonyl (C=O) groups is 1. The van der Waals surface area contributed by atoms with Crippen LogP contribution in [-0.2, 0) is 4.79 Å². The zero-order valence-electron chi connectivity index (χ0n) is 48.4. The number of aliphatic hydroxyl groups is 2. The van der Waals surface area contributed by atoms with Crippen LogP contribution in [0.4, 0.5) is 0 Å². The van der Waals surface area contributed by atoms with E-state index in [0.717, 1.165) is 77.0 Å². The lowest BCUT2D eigenvalue weighted by Gasteiger charge is -2.19. The molecule has 0 aromatic heterocycles. The van der Waals surface area contributed by atoms with E-state index >= 15 is 0 Å². The monoisotopic (exact) mass is 1010 g/mol. The minimum atomic E-state index is -0.869. The third kappa shape index (κ3) is 59.8. The van der Waals surface area contributed by atoms with Gasteiger partial charge in [-0.1, -0.05) is 316 Å². The Kier molecular flexibility index (Phi) is 60.8. The van der Waals surface area contributed by atoms with Crippen LogP contribution in [0.25, 0.3) is 0 Å². The zero-order valence-corrected chi connectivity index (χ0v) is 48.4. The molecule has 4 nitrogen and oxygen atoms in total. The number of rotatable bonds is 57. The molecule has 4 heteroatoms. The number of nitrogens with one attached hydrogen (secondary N) is 1. The minimum absolute atomic E-state index is 0.0745. The molecule has 0 aromatic rings. The summed E-state index contributed by atoms with van der Waals surface area (Å²) in [6, 6.07) is -0.646. The van der Waals surface area contributed by atoms with Gasteiger partial charge >= 0.3 is 0 Å². The van der Waals surface area contributed by atoms with Gasteiger partial charge in [-0.2, -0.15) is 0 Å². The van der Waals surface area contributed by atoms with Crippen molar-refractivity contribution in [3.8, 4) is 0 Å². The van der Waals surface area contributed by atoms with Gasteiger partial charge in [0, 0.05) is 6.42 Å². The molecule has 0 aliphatic rings. The van der Waals surface area contributed by atoms with Crippen LogP contribution in [0.15, 0.2) is 109 Å². The number of hydrogen-bond donors (Lipinski definition) is 3. The minimum Gasteiger partial charge on any atom is -0.394 e. The number of allylic oxidation sites excluding steroid dienone is 17. The first-order valence-corrected chi connectivity index (χ1v) is 31.6. The van der Waals surface area contributed by atoms with E-state index in [9.17, 15) is 15.0 Å². The van der Waals surface area contributed by atoms with Crippen molar-refractivity contribution in [2.45, 2.75) is 315 Å². The summed E-state index contributed by atoms with van der Waals surface area (Å²) >= 11 is 0. The van der Waals surface area contributed by atoms with Gasteiger partial charge in [-0.15, -0.1) is 0 Å². The molecule has 0 bridgehead atoms. The topological polar surface area (TPSA) is 69.6 Å². The second kappa shape index (κ2) is 63.3. The lowest BCUT2D eigenvalue weighted by molar-refractivity contribution is -0.123. The molecule has 73 heavy (non-hydrogen) atoms. The predicted molar refractivity (Wildman–Crippen MR) is 326 cm³/mol. The Morgan fingerprint density at radius 1 is 0.342 bits per heavy atom. The van der Waals surface area contributed by atoms with Crippen LogP contribution >= 0.6 is 0 Å². The quantitative estimate of drug-likeness (QED) is 0.0420. The van der Waals surface area contributed by atoms with Gasteiger partial charge < -0.3 is 15.5 Å². The first-order valence-electron chi connectivity index (χ1n) is 31.6. The van der Waals surface area contributed by atoms with E-state index < -0.39 is 12.1 Å². The van der Waals surface area contributed by atoms with Crippen LogP contribution in [0.2, 0.25) is 0 Å². The highest BCUT2D eigenvalue weighted by Gasteiger charge is 2.18. The maximum absolute atomic E-state index is 12.5. The number of unbranched alkanes of at least 4 members (excludes halogenated alkanes) is 34. The molecule has 0 aliphatic heterocycles. The van der Waals surface area contributed by atoms with E-state index in [1.165, 1.54) is 205 Å². The molecule has 0 heterocycles. The molecule has 3 N–H and O–H groups in total. The highest BCUT2D eigenvalue weighted by molar-refractivity contribution is 5.76. The van der Waals surface area contributed by atoms with Gasteiger partial charge in [0.25, 0.3) is 0 Å². The van der Waals surface area contributed by atoms with Crippen molar-refractivity contribution in [3.63, 3.8) is 0 Å². The van der Waals surface area contributed by atoms with Crippen molar-refractivity contribution in [3.05, 3.63) is 109 Å². The van der Waals surface area contributed by atoms with Crippen LogP contribution in [0, 0.1) is 0 Å². The summed E-state index contributed by atoms with van der Waals surface area (Å²) in [7, 11) is 0. The first-order chi connectivity index (χ1) is 36.2. The summed E-state index contributed by atoms with van der Waals surface area (Å²) < 4.78 is 0. The molecule has 0 aliphatic carbocycles. The highest BCUT2D eigenvalue weighted by Crippen LogP contribution is 2.17. The molecule has 0 saturated heterocycles. The molecule has 420 valence electrons. The number of amides is 1. The lowest BCUT2D eigenvalue weighted by Crippen LogP contribution is -2.45. The van der Waals surface area contributed by atoms with E-state index in [-0.39, 0.29) is 12.5 Å². The fourth-order valence-electron chi connectivity index (χ4n) is 9.24. The van der Waals surface area contributed by atoms with Crippen molar-refractivity contribution in [1.82, 2.24) is 5.32 Å². The van der Waals surface area contributed by atoms with Gasteiger partial charge in [0.2, 0.25) is 5.91 Å². The van der Waals surface area contributed by atoms with Gasteiger partial charge in [0.05, 0.1) is 18.8 Å². The standard InChI is InChI=1S/C69H121NO3/c1-3-5-7-9-11-13-15-17-19-21-23-25-27-29-30-31-32-33-34-35-36-37-38-39-40-41-43-45-47-49-51-53-55-57-59-61-63-65-69(73)70-67(66-71)68(72)64-62-60-58-56-54-52-50-48-46-44-42-28-26-24-22-20-18-16-14-12-10-8-6-4-2/h5,7,11,13,17,19,23,25,29-30,32-33,35-36,54,56,62,64,67-68,71-72H,3-4,6,8-10,12,14-16,18,20-22,24,26-28,31,34,37-53,55,57-61,63,65-66H2,1-2H3,(H,70,73)/b7-5-,13-11-,19-17-,25-23-,30-29-,33-32-,36-35-,56-54+,64-62+. The summed E-state index contributed by atoms with van der Waals surface area (Å²) in [4.78, 5) is 12.5. The van der Waals surface area contributed by atoms with Gasteiger partial charge in [-0.3, -0.25) is 4.79 Å². The van der Waals surface area contributed by atoms with Gasteiger partial charge in [-0.25, -0.2) is 0 Å². The summed E-state index contributed by atoms with van der Waals surface area (Å²) in [6.07, 6.45) is 95.6. The van der Waals surface area contributed by atoms with Crippen LogP contribution < -0.4 is 5.32 Å². The van der Waals surface area contributed by atoms with Crippen molar-refractivity contribution in [2.75, 3.05) is 6.61 Å². The van der Waals surface area contributed by atoms with Crippen LogP contribution in [0.5, 0.6) is 0 Å². The third-order valence-electron chi connectivity index (χ3n) is 14.0. The maximum Gasteiger partial charge on any atom is 0.220 e. The molecular formula is C69H121NO3. The molecule has 1 amide bonds. The second-order valence-corrected chi connectivity index (χ2v) is 21.1. The van der Waals surface area contributed by atoms with Gasteiger partial charge in [-0.05, 0) is 89.9 Å². The SMILES string of the molecule is CC/C=C\C/C=C\C/C=C\C/C=C\C/C=C\C/C=C\C/C=C\CCCCCCCCCCCCCCCCCC(=O)NC(CO)C(O)/C=C/CC/C=C/CCCCCCCCCCCCCCCCCCCC. The Hall–Kier alpha value is -2.95. The molecule has 2 unspecified atom stereocenters. The predicted octanol–water partition coefficient (Wildman–Crippen LogP) is 21.4. The molecule has 0 saturated carbocycles. The lowest BCUT2D eigenvalue weighted by atomic mass is 10.0. The Labute approximate surface area is 455 Å². The van der Waals surface area contributed by atoms with Crippen molar-refractivity contribution < 1.29 is 15.0 Å². The normalized spacial score (nSPS) is 13.5.